The van der Waals surface area contributed by atoms with Gasteiger partial charge in [0, 0.05) is 42.5 Å². The van der Waals surface area contributed by atoms with Crippen molar-refractivity contribution in [1.82, 2.24) is 25.0 Å². The van der Waals surface area contributed by atoms with Gasteiger partial charge in [-0.25, -0.2) is 9.48 Å². The number of hydrogen-bond acceptors (Lipinski definition) is 8. The summed E-state index contributed by atoms with van der Waals surface area (Å²) >= 11 is 0. The molecule has 1 aliphatic rings. The van der Waals surface area contributed by atoms with Crippen LogP contribution in [-0.2, 0) is 22.6 Å². The average molecular weight is 523 g/mol. The molecule has 39 heavy (non-hydrogen) atoms. The fourth-order valence-electron chi connectivity index (χ4n) is 4.64. The first kappa shape index (κ1) is 24.5. The summed E-state index contributed by atoms with van der Waals surface area (Å²) in [4.78, 5) is 35.1. The largest absolute Gasteiger partial charge is 0.457 e. The third-order valence-corrected chi connectivity index (χ3v) is 6.64. The van der Waals surface area contributed by atoms with Crippen LogP contribution in [0.5, 0.6) is 0 Å². The van der Waals surface area contributed by atoms with Gasteiger partial charge in [-0.2, -0.15) is 0 Å². The molecule has 6 rings (SSSR count). The number of aromatic nitrogens is 5. The van der Waals surface area contributed by atoms with Crippen LogP contribution in [0.25, 0.3) is 22.2 Å². The molecule has 0 atom stereocenters. The van der Waals surface area contributed by atoms with E-state index in [0.29, 0.717) is 36.4 Å². The highest BCUT2D eigenvalue weighted by Gasteiger charge is 2.16. The number of benzene rings is 2. The topological polar surface area (TPSA) is 115 Å². The number of hydrogen-bond donors (Lipinski definition) is 1. The molecule has 1 N–H and O–H groups in total. The summed E-state index contributed by atoms with van der Waals surface area (Å²) in [6, 6.07) is 18.1. The Balaban J connectivity index is 1.22. The number of ether oxygens (including phenoxy) is 2. The van der Waals surface area contributed by atoms with Crippen LogP contribution < -0.4 is 10.3 Å². The minimum Gasteiger partial charge on any atom is -0.457 e. The van der Waals surface area contributed by atoms with Crippen molar-refractivity contribution in [1.29, 1.82) is 0 Å². The van der Waals surface area contributed by atoms with Gasteiger partial charge in [0.15, 0.2) is 5.43 Å². The van der Waals surface area contributed by atoms with Gasteiger partial charge < -0.3 is 19.4 Å². The number of carbonyl (C=O) groups is 1. The van der Waals surface area contributed by atoms with Crippen molar-refractivity contribution < 1.29 is 14.3 Å². The molecule has 4 heterocycles. The summed E-state index contributed by atoms with van der Waals surface area (Å²) in [7, 11) is 0. The quantitative estimate of drug-likeness (QED) is 0.324. The van der Waals surface area contributed by atoms with E-state index in [9.17, 15) is 9.59 Å². The Kier molecular flexibility index (Phi) is 6.84. The molecule has 196 valence electrons. The molecule has 0 aliphatic carbocycles. The molecular formula is C29H26N6O4. The molecule has 3 aromatic heterocycles. The highest BCUT2D eigenvalue weighted by molar-refractivity contribution is 5.93. The third kappa shape index (κ3) is 5.41. The molecule has 0 bridgehead atoms. The molecule has 0 amide bonds. The zero-order valence-corrected chi connectivity index (χ0v) is 21.1. The fraction of sp³-hybridized carbons (Fsp3) is 0.207. The van der Waals surface area contributed by atoms with Gasteiger partial charge in [-0.3, -0.25) is 9.78 Å². The smallest absolute Gasteiger partial charge is 0.338 e. The second kappa shape index (κ2) is 10.9. The lowest BCUT2D eigenvalue weighted by Gasteiger charge is -2.28. The van der Waals surface area contributed by atoms with Crippen LogP contribution in [0.3, 0.4) is 0 Å². The lowest BCUT2D eigenvalue weighted by Crippen LogP contribution is -2.37. The number of pyridine rings is 2. The van der Waals surface area contributed by atoms with E-state index < -0.39 is 5.97 Å². The Bertz CT molecular complexity index is 1670. The van der Waals surface area contributed by atoms with Gasteiger partial charge in [-0.05, 0) is 41.5 Å². The molecule has 1 saturated heterocycles. The molecule has 2 aromatic carbocycles. The van der Waals surface area contributed by atoms with Gasteiger partial charge in [-0.1, -0.05) is 29.5 Å². The minimum atomic E-state index is -0.399. The highest BCUT2D eigenvalue weighted by atomic mass is 16.5. The molecular weight excluding hydrogens is 496 g/mol. The number of esters is 1. The minimum absolute atomic E-state index is 0.0490. The number of aromatic amines is 1. The van der Waals surface area contributed by atoms with Crippen LogP contribution >= 0.6 is 0 Å². The van der Waals surface area contributed by atoms with Gasteiger partial charge in [-0.15, -0.1) is 5.10 Å². The Hall–Kier alpha value is -4.83. The van der Waals surface area contributed by atoms with Gasteiger partial charge >= 0.3 is 5.97 Å². The molecule has 0 unspecified atom stereocenters. The van der Waals surface area contributed by atoms with Crippen molar-refractivity contribution in [2.24, 2.45) is 0 Å². The molecule has 1 aliphatic heterocycles. The maximum absolute atomic E-state index is 12.9. The molecule has 5 aromatic rings. The molecule has 0 spiro atoms. The third-order valence-electron chi connectivity index (χ3n) is 6.64. The molecule has 10 nitrogen and oxygen atoms in total. The average Bonchev–Trinajstić information content (AvgIpc) is 3.45. The second-order valence-electron chi connectivity index (χ2n) is 9.28. The number of nitrogens with zero attached hydrogens (tertiary/aromatic N) is 5. The van der Waals surface area contributed by atoms with Gasteiger partial charge in [0.05, 0.1) is 37.0 Å². The highest BCUT2D eigenvalue weighted by Crippen LogP contribution is 2.26. The van der Waals surface area contributed by atoms with E-state index in [1.54, 1.807) is 47.4 Å². The van der Waals surface area contributed by atoms with Crippen molar-refractivity contribution in [3.63, 3.8) is 0 Å². The Labute approximate surface area is 223 Å². The van der Waals surface area contributed by atoms with Crippen molar-refractivity contribution in [2.45, 2.75) is 13.2 Å². The van der Waals surface area contributed by atoms with Crippen molar-refractivity contribution in [2.75, 3.05) is 31.2 Å². The molecule has 1 fully saturated rings. The summed E-state index contributed by atoms with van der Waals surface area (Å²) in [6.07, 6.45) is 5.16. The van der Waals surface area contributed by atoms with E-state index in [4.69, 9.17) is 9.47 Å². The van der Waals surface area contributed by atoms with E-state index in [2.05, 4.69) is 25.2 Å². The number of anilines is 1. The Morgan fingerprint density at radius 3 is 2.67 bits per heavy atom. The maximum Gasteiger partial charge on any atom is 0.338 e. The second-order valence-corrected chi connectivity index (χ2v) is 9.28. The van der Waals surface area contributed by atoms with E-state index in [1.165, 1.54) is 0 Å². The SMILES string of the molecule is O=C(OCc1ccncc1)c1cccc(Cn2cc(-c3cccc4c(=O)cc(N5CCOCC5)[nH]c34)nn2)c1. The van der Waals surface area contributed by atoms with Crippen LogP contribution in [0.4, 0.5) is 5.82 Å². The van der Waals surface area contributed by atoms with Gasteiger partial charge in [0.1, 0.15) is 18.1 Å². The number of para-hydroxylation sites is 1. The zero-order chi connectivity index (χ0) is 26.6. The van der Waals surface area contributed by atoms with E-state index >= 15 is 0 Å². The number of carbonyl (C=O) groups excluding carboxylic acids is 1. The lowest BCUT2D eigenvalue weighted by atomic mass is 10.1. The van der Waals surface area contributed by atoms with Crippen LogP contribution in [0.15, 0.2) is 84.0 Å². The predicted molar refractivity (Wildman–Crippen MR) is 146 cm³/mol. The molecule has 0 radical (unpaired) electrons. The Morgan fingerprint density at radius 2 is 1.82 bits per heavy atom. The first-order chi connectivity index (χ1) is 19.1. The van der Waals surface area contributed by atoms with Crippen molar-refractivity contribution >= 4 is 22.7 Å². The summed E-state index contributed by atoms with van der Waals surface area (Å²) in [5.74, 6) is 0.368. The number of nitrogens with one attached hydrogen (secondary N) is 1. The zero-order valence-electron chi connectivity index (χ0n) is 21.1. The van der Waals surface area contributed by atoms with Crippen LogP contribution in [0, 0.1) is 0 Å². The predicted octanol–water partition coefficient (Wildman–Crippen LogP) is 3.42. The van der Waals surface area contributed by atoms with E-state index in [1.807, 2.05) is 36.5 Å². The monoisotopic (exact) mass is 522 g/mol. The van der Waals surface area contributed by atoms with Crippen LogP contribution in [-0.4, -0.2) is 57.2 Å². The lowest BCUT2D eigenvalue weighted by molar-refractivity contribution is 0.0472. The standard InChI is InChI=1S/C29H26N6O4/c36-26-16-27(34-11-13-38-14-12-34)31-28-23(5-2-6-24(26)28)25-18-35(33-32-25)17-21-3-1-4-22(15-21)29(37)39-19-20-7-9-30-10-8-20/h1-10,15-16,18H,11-14,17,19H2,(H,31,36). The van der Waals surface area contributed by atoms with Crippen molar-refractivity contribution in [3.05, 3.63) is 106 Å². The number of H-pyrrole nitrogens is 1. The van der Waals surface area contributed by atoms with Crippen LogP contribution in [0.1, 0.15) is 21.5 Å². The normalized spacial score (nSPS) is 13.5. The number of rotatable bonds is 7. The molecule has 10 heteroatoms. The number of morpholine rings is 1. The Morgan fingerprint density at radius 1 is 1.00 bits per heavy atom. The summed E-state index contributed by atoms with van der Waals surface area (Å²) in [5, 5.41) is 9.29. The van der Waals surface area contributed by atoms with Crippen molar-refractivity contribution in [3.8, 4) is 11.3 Å². The summed E-state index contributed by atoms with van der Waals surface area (Å²) in [6.45, 7) is 3.28. The first-order valence-corrected chi connectivity index (χ1v) is 12.7. The van der Waals surface area contributed by atoms with E-state index in [-0.39, 0.29) is 12.0 Å². The maximum atomic E-state index is 12.9. The summed E-state index contributed by atoms with van der Waals surface area (Å²) < 4.78 is 12.6. The van der Waals surface area contributed by atoms with Gasteiger partial charge in [0.25, 0.3) is 0 Å². The molecule has 0 saturated carbocycles. The van der Waals surface area contributed by atoms with E-state index in [0.717, 1.165) is 41.1 Å². The van der Waals surface area contributed by atoms with Gasteiger partial charge in [0.2, 0.25) is 0 Å². The fourth-order valence-corrected chi connectivity index (χ4v) is 4.64. The van der Waals surface area contributed by atoms with Crippen LogP contribution in [0.2, 0.25) is 0 Å². The first-order valence-electron chi connectivity index (χ1n) is 12.7. The number of fused-ring (bicyclic) bond motifs is 1. The summed E-state index contributed by atoms with van der Waals surface area (Å²) in [5.41, 5.74) is 4.32.